The lowest BCUT2D eigenvalue weighted by atomic mass is 10.2. The SMILES string of the molecule is COC(=O)CCNC(=O)c1ccc(SC)c([N+](=O)[O-])c1. The zero-order valence-corrected chi connectivity index (χ0v) is 11.9. The molecule has 0 heterocycles. The van der Waals surface area contributed by atoms with Gasteiger partial charge < -0.3 is 10.1 Å². The van der Waals surface area contributed by atoms with Gasteiger partial charge >= 0.3 is 5.97 Å². The molecule has 0 unspecified atom stereocenters. The number of methoxy groups -OCH3 is 1. The number of amides is 1. The number of thioether (sulfide) groups is 1. The predicted octanol–water partition coefficient (Wildman–Crippen LogP) is 1.61. The minimum atomic E-state index is -0.531. The Balaban J connectivity index is 2.76. The minimum Gasteiger partial charge on any atom is -0.469 e. The van der Waals surface area contributed by atoms with Crippen molar-refractivity contribution in [3.63, 3.8) is 0 Å². The molecule has 1 aromatic rings. The number of carbonyl (C=O) groups is 2. The third kappa shape index (κ3) is 4.23. The highest BCUT2D eigenvalue weighted by Gasteiger charge is 2.16. The second-order valence-electron chi connectivity index (χ2n) is 3.73. The molecule has 0 radical (unpaired) electrons. The van der Waals surface area contributed by atoms with Crippen molar-refractivity contribution in [1.29, 1.82) is 0 Å². The van der Waals surface area contributed by atoms with Crippen LogP contribution in [-0.4, -0.2) is 36.7 Å². The number of hydrogen-bond acceptors (Lipinski definition) is 6. The lowest BCUT2D eigenvalue weighted by Crippen LogP contribution is -2.26. The van der Waals surface area contributed by atoms with E-state index in [9.17, 15) is 19.7 Å². The summed E-state index contributed by atoms with van der Waals surface area (Å²) in [5.41, 5.74) is 0.0671. The second-order valence-corrected chi connectivity index (χ2v) is 4.57. The predicted molar refractivity (Wildman–Crippen MR) is 73.8 cm³/mol. The van der Waals surface area contributed by atoms with Crippen molar-refractivity contribution in [2.75, 3.05) is 19.9 Å². The zero-order valence-electron chi connectivity index (χ0n) is 11.0. The first-order valence-corrected chi connectivity index (χ1v) is 6.89. The van der Waals surface area contributed by atoms with Crippen LogP contribution < -0.4 is 5.32 Å². The Labute approximate surface area is 119 Å². The third-order valence-electron chi connectivity index (χ3n) is 2.48. The number of carbonyl (C=O) groups excluding carboxylic acids is 2. The standard InChI is InChI=1S/C12H14N2O5S/c1-19-11(15)5-6-13-12(16)8-3-4-10(20-2)9(7-8)14(17)18/h3-4,7H,5-6H2,1-2H3,(H,13,16). The second kappa shape index (κ2) is 7.49. The Hall–Kier alpha value is -2.09. The van der Waals surface area contributed by atoms with E-state index in [1.807, 2.05) is 0 Å². The van der Waals surface area contributed by atoms with Crippen LogP contribution in [0.2, 0.25) is 0 Å². The zero-order chi connectivity index (χ0) is 15.1. The van der Waals surface area contributed by atoms with Gasteiger partial charge in [-0.3, -0.25) is 19.7 Å². The van der Waals surface area contributed by atoms with E-state index in [-0.39, 0.29) is 24.2 Å². The fourth-order valence-corrected chi connectivity index (χ4v) is 2.00. The summed E-state index contributed by atoms with van der Waals surface area (Å²) in [5, 5.41) is 13.4. The molecule has 0 saturated heterocycles. The summed E-state index contributed by atoms with van der Waals surface area (Å²) < 4.78 is 4.44. The van der Waals surface area contributed by atoms with Gasteiger partial charge in [-0.2, -0.15) is 0 Å². The highest BCUT2D eigenvalue weighted by atomic mass is 32.2. The number of nitro groups is 1. The van der Waals surface area contributed by atoms with Gasteiger partial charge in [0.2, 0.25) is 0 Å². The fourth-order valence-electron chi connectivity index (χ4n) is 1.46. The molecule has 0 atom stereocenters. The number of nitrogens with zero attached hydrogens (tertiary/aromatic N) is 1. The lowest BCUT2D eigenvalue weighted by molar-refractivity contribution is -0.387. The molecular weight excluding hydrogens is 284 g/mol. The monoisotopic (exact) mass is 298 g/mol. The Kier molecular flexibility index (Phi) is 5.98. The average Bonchev–Trinajstić information content (AvgIpc) is 2.45. The van der Waals surface area contributed by atoms with Crippen molar-refractivity contribution < 1.29 is 19.2 Å². The summed E-state index contributed by atoms with van der Waals surface area (Å²) in [6.45, 7) is 0.115. The minimum absolute atomic E-state index is 0.0488. The van der Waals surface area contributed by atoms with E-state index in [1.54, 1.807) is 6.26 Å². The van der Waals surface area contributed by atoms with E-state index >= 15 is 0 Å². The lowest BCUT2D eigenvalue weighted by Gasteiger charge is -2.06. The summed E-state index contributed by atoms with van der Waals surface area (Å²) in [6, 6.07) is 4.25. The van der Waals surface area contributed by atoms with Gasteiger partial charge in [0.15, 0.2) is 0 Å². The van der Waals surface area contributed by atoms with Crippen molar-refractivity contribution in [1.82, 2.24) is 5.32 Å². The smallest absolute Gasteiger partial charge is 0.307 e. The number of nitrogens with one attached hydrogen (secondary N) is 1. The van der Waals surface area contributed by atoms with Crippen LogP contribution in [0.25, 0.3) is 0 Å². The Morgan fingerprint density at radius 1 is 1.45 bits per heavy atom. The third-order valence-corrected chi connectivity index (χ3v) is 3.27. The first kappa shape index (κ1) is 16.0. The van der Waals surface area contributed by atoms with E-state index in [0.717, 1.165) is 0 Å². The maximum Gasteiger partial charge on any atom is 0.307 e. The van der Waals surface area contributed by atoms with Crippen molar-refractivity contribution >= 4 is 29.3 Å². The first-order valence-electron chi connectivity index (χ1n) is 5.67. The van der Waals surface area contributed by atoms with Crippen molar-refractivity contribution in [3.8, 4) is 0 Å². The van der Waals surface area contributed by atoms with Crippen molar-refractivity contribution in [3.05, 3.63) is 33.9 Å². The largest absolute Gasteiger partial charge is 0.469 e. The highest BCUT2D eigenvalue weighted by Crippen LogP contribution is 2.28. The van der Waals surface area contributed by atoms with Crippen LogP contribution in [0.5, 0.6) is 0 Å². The van der Waals surface area contributed by atoms with E-state index in [4.69, 9.17) is 0 Å². The van der Waals surface area contributed by atoms with E-state index in [0.29, 0.717) is 4.90 Å². The molecule has 8 heteroatoms. The number of rotatable bonds is 6. The van der Waals surface area contributed by atoms with Gasteiger partial charge in [0.25, 0.3) is 11.6 Å². The molecular formula is C12H14N2O5S. The normalized spacial score (nSPS) is 9.90. The molecule has 7 nitrogen and oxygen atoms in total. The Bertz CT molecular complexity index is 533. The summed E-state index contributed by atoms with van der Waals surface area (Å²) >= 11 is 1.23. The molecule has 0 aliphatic carbocycles. The van der Waals surface area contributed by atoms with Crippen molar-refractivity contribution in [2.24, 2.45) is 0 Å². The molecule has 1 rings (SSSR count). The molecule has 0 aliphatic heterocycles. The highest BCUT2D eigenvalue weighted by molar-refractivity contribution is 7.98. The molecule has 20 heavy (non-hydrogen) atoms. The molecule has 1 aromatic carbocycles. The van der Waals surface area contributed by atoms with Gasteiger partial charge in [0.05, 0.1) is 23.3 Å². The number of esters is 1. The number of ether oxygens (including phenoxy) is 1. The molecule has 108 valence electrons. The van der Waals surface area contributed by atoms with Gasteiger partial charge in [0.1, 0.15) is 0 Å². The molecule has 1 N–H and O–H groups in total. The first-order chi connectivity index (χ1) is 9.49. The van der Waals surface area contributed by atoms with Crippen LogP contribution in [-0.2, 0) is 9.53 Å². The van der Waals surface area contributed by atoms with Crippen LogP contribution in [0.1, 0.15) is 16.8 Å². The van der Waals surface area contributed by atoms with Crippen LogP contribution in [0.4, 0.5) is 5.69 Å². The molecule has 0 aliphatic rings. The molecule has 0 aromatic heterocycles. The Morgan fingerprint density at radius 3 is 2.70 bits per heavy atom. The summed E-state index contributed by atoms with van der Waals surface area (Å²) in [7, 11) is 1.26. The fraction of sp³-hybridized carbons (Fsp3) is 0.333. The van der Waals surface area contributed by atoms with E-state index < -0.39 is 16.8 Å². The van der Waals surface area contributed by atoms with Gasteiger partial charge in [-0.25, -0.2) is 0 Å². The number of nitro benzene ring substituents is 1. The van der Waals surface area contributed by atoms with Gasteiger partial charge in [-0.15, -0.1) is 11.8 Å². The number of hydrogen-bond donors (Lipinski definition) is 1. The summed E-state index contributed by atoms with van der Waals surface area (Å²) in [6.07, 6.45) is 1.77. The van der Waals surface area contributed by atoms with E-state index in [1.165, 1.54) is 37.1 Å². The summed E-state index contributed by atoms with van der Waals surface area (Å²) in [5.74, 6) is -0.904. The van der Waals surface area contributed by atoms with Crippen LogP contribution in [0, 0.1) is 10.1 Å². The van der Waals surface area contributed by atoms with Gasteiger partial charge in [-0.05, 0) is 18.4 Å². The van der Waals surface area contributed by atoms with Crippen LogP contribution >= 0.6 is 11.8 Å². The molecule has 0 bridgehead atoms. The quantitative estimate of drug-likeness (QED) is 0.371. The Morgan fingerprint density at radius 2 is 2.15 bits per heavy atom. The van der Waals surface area contributed by atoms with Crippen LogP contribution in [0.3, 0.4) is 0 Å². The van der Waals surface area contributed by atoms with Crippen molar-refractivity contribution in [2.45, 2.75) is 11.3 Å². The average molecular weight is 298 g/mol. The molecule has 0 saturated carbocycles. The van der Waals surface area contributed by atoms with E-state index in [2.05, 4.69) is 10.1 Å². The number of benzene rings is 1. The maximum atomic E-state index is 11.8. The van der Waals surface area contributed by atoms with Crippen LogP contribution in [0.15, 0.2) is 23.1 Å². The van der Waals surface area contributed by atoms with Gasteiger partial charge in [-0.1, -0.05) is 0 Å². The topological polar surface area (TPSA) is 98.5 Å². The molecule has 1 amide bonds. The van der Waals surface area contributed by atoms with Gasteiger partial charge in [0, 0.05) is 18.2 Å². The molecule has 0 spiro atoms. The maximum absolute atomic E-state index is 11.8. The molecule has 0 fully saturated rings. The summed E-state index contributed by atoms with van der Waals surface area (Å²) in [4.78, 5) is 33.5.